The number of carbonyl (C=O) groups is 1. The molecule has 1 rings (SSSR count). The number of hydrogen-bond acceptors (Lipinski definition) is 1. The highest BCUT2D eigenvalue weighted by atomic mass is 16.1. The zero-order chi connectivity index (χ0) is 8.43. The van der Waals surface area contributed by atoms with E-state index in [9.17, 15) is 4.79 Å². The second-order valence-corrected chi connectivity index (χ2v) is 3.35. The van der Waals surface area contributed by atoms with Gasteiger partial charge in [0.05, 0.1) is 0 Å². The third-order valence-corrected chi connectivity index (χ3v) is 2.20. The predicted molar refractivity (Wildman–Crippen MR) is 46.3 cm³/mol. The van der Waals surface area contributed by atoms with Crippen LogP contribution in [-0.4, -0.2) is 6.29 Å². The van der Waals surface area contributed by atoms with Gasteiger partial charge in [0.1, 0.15) is 6.29 Å². The first-order valence-electron chi connectivity index (χ1n) is 3.98. The highest BCUT2D eigenvalue weighted by molar-refractivity contribution is 5.77. The maximum atomic E-state index is 10.6. The maximum Gasteiger partial charge on any atom is 0.146 e. The van der Waals surface area contributed by atoms with Crippen LogP contribution in [0, 0.1) is 5.92 Å². The molecule has 0 fully saturated rings. The van der Waals surface area contributed by atoms with Gasteiger partial charge in [0, 0.05) is 0 Å². The second-order valence-electron chi connectivity index (χ2n) is 3.35. The predicted octanol–water partition coefficient (Wildman–Crippen LogP) is 2.49. The Bertz CT molecular complexity index is 233. The Balaban J connectivity index is 3.01. The molecule has 60 valence electrons. The van der Waals surface area contributed by atoms with E-state index in [0.29, 0.717) is 5.92 Å². The Morgan fingerprint density at radius 1 is 1.55 bits per heavy atom. The summed E-state index contributed by atoms with van der Waals surface area (Å²) in [5.41, 5.74) is 3.48. The van der Waals surface area contributed by atoms with E-state index in [2.05, 4.69) is 19.9 Å². The SMILES string of the molecule is CC1=CC(C)=C(C=O)C(C)C1. The molecule has 0 aromatic carbocycles. The van der Waals surface area contributed by atoms with E-state index in [-0.39, 0.29) is 0 Å². The molecule has 0 saturated heterocycles. The lowest BCUT2D eigenvalue weighted by atomic mass is 9.86. The van der Waals surface area contributed by atoms with E-state index in [1.165, 1.54) is 5.57 Å². The Kier molecular flexibility index (Phi) is 2.28. The summed E-state index contributed by atoms with van der Waals surface area (Å²) in [6.45, 7) is 6.22. The van der Waals surface area contributed by atoms with E-state index < -0.39 is 0 Å². The van der Waals surface area contributed by atoms with Crippen LogP contribution in [0.3, 0.4) is 0 Å². The average Bonchev–Trinajstić information content (AvgIpc) is 1.85. The van der Waals surface area contributed by atoms with Crippen molar-refractivity contribution in [2.45, 2.75) is 27.2 Å². The summed E-state index contributed by atoms with van der Waals surface area (Å²) in [7, 11) is 0. The molecule has 1 heteroatoms. The van der Waals surface area contributed by atoms with Gasteiger partial charge in [-0.2, -0.15) is 0 Å². The minimum atomic E-state index is 0.414. The number of carbonyl (C=O) groups excluding carboxylic acids is 1. The molecule has 0 saturated carbocycles. The molecule has 0 radical (unpaired) electrons. The van der Waals surface area contributed by atoms with Crippen LogP contribution in [0.25, 0.3) is 0 Å². The fraction of sp³-hybridized carbons (Fsp3) is 0.500. The van der Waals surface area contributed by atoms with Gasteiger partial charge in [-0.05, 0) is 37.3 Å². The van der Waals surface area contributed by atoms with Crippen LogP contribution in [0.2, 0.25) is 0 Å². The summed E-state index contributed by atoms with van der Waals surface area (Å²) >= 11 is 0. The van der Waals surface area contributed by atoms with Gasteiger partial charge < -0.3 is 0 Å². The van der Waals surface area contributed by atoms with Crippen LogP contribution in [0.1, 0.15) is 27.2 Å². The smallest absolute Gasteiger partial charge is 0.146 e. The average molecular weight is 150 g/mol. The highest BCUT2D eigenvalue weighted by Gasteiger charge is 2.15. The van der Waals surface area contributed by atoms with Gasteiger partial charge in [-0.3, -0.25) is 4.79 Å². The van der Waals surface area contributed by atoms with Gasteiger partial charge in [0.2, 0.25) is 0 Å². The standard InChI is InChI=1S/C10H14O/c1-7-4-8(2)10(6-11)9(3)5-7/h4,6,9H,5H2,1-3H3. The number of aldehydes is 1. The molecule has 0 heterocycles. The molecule has 1 aliphatic rings. The van der Waals surface area contributed by atoms with Crippen LogP contribution in [0.15, 0.2) is 22.8 Å². The van der Waals surface area contributed by atoms with E-state index in [0.717, 1.165) is 23.9 Å². The van der Waals surface area contributed by atoms with Crippen molar-refractivity contribution in [3.8, 4) is 0 Å². The van der Waals surface area contributed by atoms with E-state index in [1.54, 1.807) is 0 Å². The minimum Gasteiger partial charge on any atom is -0.298 e. The van der Waals surface area contributed by atoms with Gasteiger partial charge >= 0.3 is 0 Å². The van der Waals surface area contributed by atoms with Crippen LogP contribution >= 0.6 is 0 Å². The molecule has 1 nitrogen and oxygen atoms in total. The van der Waals surface area contributed by atoms with Gasteiger partial charge in [-0.25, -0.2) is 0 Å². The molecule has 11 heavy (non-hydrogen) atoms. The monoisotopic (exact) mass is 150 g/mol. The molecular weight excluding hydrogens is 136 g/mol. The summed E-state index contributed by atoms with van der Waals surface area (Å²) in [5.74, 6) is 0.414. The first-order valence-corrected chi connectivity index (χ1v) is 3.98. The molecule has 0 aromatic heterocycles. The van der Waals surface area contributed by atoms with Crippen LogP contribution in [0.5, 0.6) is 0 Å². The molecule has 1 unspecified atom stereocenters. The summed E-state index contributed by atoms with van der Waals surface area (Å²) in [4.78, 5) is 10.6. The fourth-order valence-electron chi connectivity index (χ4n) is 1.70. The highest BCUT2D eigenvalue weighted by Crippen LogP contribution is 2.27. The summed E-state index contributed by atoms with van der Waals surface area (Å²) in [5, 5.41) is 0. The Morgan fingerprint density at radius 2 is 2.18 bits per heavy atom. The minimum absolute atomic E-state index is 0.414. The van der Waals surface area contributed by atoms with Crippen molar-refractivity contribution in [2.75, 3.05) is 0 Å². The molecule has 0 bridgehead atoms. The summed E-state index contributed by atoms with van der Waals surface area (Å²) in [6, 6.07) is 0. The van der Waals surface area contributed by atoms with Gasteiger partial charge in [-0.1, -0.05) is 18.6 Å². The Labute approximate surface area is 67.8 Å². The molecule has 0 spiro atoms. The Morgan fingerprint density at radius 3 is 2.64 bits per heavy atom. The summed E-state index contributed by atoms with van der Waals surface area (Å²) < 4.78 is 0. The van der Waals surface area contributed by atoms with Crippen LogP contribution in [-0.2, 0) is 4.79 Å². The molecular formula is C10H14O. The van der Waals surface area contributed by atoms with Gasteiger partial charge in [-0.15, -0.1) is 0 Å². The van der Waals surface area contributed by atoms with E-state index in [1.807, 2.05) is 6.92 Å². The third-order valence-electron chi connectivity index (χ3n) is 2.20. The molecule has 0 aliphatic heterocycles. The normalized spacial score (nSPS) is 25.0. The lowest BCUT2D eigenvalue weighted by Crippen LogP contribution is -2.07. The second kappa shape index (κ2) is 3.04. The van der Waals surface area contributed by atoms with Crippen molar-refractivity contribution in [1.29, 1.82) is 0 Å². The first-order chi connectivity index (χ1) is 5.15. The van der Waals surface area contributed by atoms with Crippen molar-refractivity contribution in [3.63, 3.8) is 0 Å². The lowest BCUT2D eigenvalue weighted by molar-refractivity contribution is -0.105. The molecule has 1 aliphatic carbocycles. The quantitative estimate of drug-likeness (QED) is 0.525. The van der Waals surface area contributed by atoms with Crippen molar-refractivity contribution in [1.82, 2.24) is 0 Å². The van der Waals surface area contributed by atoms with Gasteiger partial charge in [0.25, 0.3) is 0 Å². The zero-order valence-electron chi connectivity index (χ0n) is 7.35. The third kappa shape index (κ3) is 1.59. The van der Waals surface area contributed by atoms with Crippen molar-refractivity contribution in [3.05, 3.63) is 22.8 Å². The molecule has 0 aromatic rings. The molecule has 1 atom stereocenters. The number of hydrogen-bond donors (Lipinski definition) is 0. The zero-order valence-corrected chi connectivity index (χ0v) is 7.35. The largest absolute Gasteiger partial charge is 0.298 e. The van der Waals surface area contributed by atoms with Gasteiger partial charge in [0.15, 0.2) is 0 Å². The van der Waals surface area contributed by atoms with E-state index >= 15 is 0 Å². The molecule has 0 amide bonds. The maximum absolute atomic E-state index is 10.6. The Hall–Kier alpha value is -0.850. The van der Waals surface area contributed by atoms with Crippen molar-refractivity contribution in [2.24, 2.45) is 5.92 Å². The fourth-order valence-corrected chi connectivity index (χ4v) is 1.70. The first kappa shape index (κ1) is 8.25. The molecule has 0 N–H and O–H groups in total. The van der Waals surface area contributed by atoms with E-state index in [4.69, 9.17) is 0 Å². The topological polar surface area (TPSA) is 17.1 Å². The van der Waals surface area contributed by atoms with Crippen molar-refractivity contribution >= 4 is 6.29 Å². The lowest BCUT2D eigenvalue weighted by Gasteiger charge is -2.18. The van der Waals surface area contributed by atoms with Crippen molar-refractivity contribution < 1.29 is 4.79 Å². The number of allylic oxidation sites excluding steroid dienone is 4. The number of rotatable bonds is 1. The van der Waals surface area contributed by atoms with Crippen LogP contribution < -0.4 is 0 Å². The van der Waals surface area contributed by atoms with Crippen LogP contribution in [0.4, 0.5) is 0 Å². The summed E-state index contributed by atoms with van der Waals surface area (Å²) in [6.07, 6.45) is 4.12.